The van der Waals surface area contributed by atoms with Gasteiger partial charge in [0.05, 0.1) is 14.2 Å². The summed E-state index contributed by atoms with van der Waals surface area (Å²) in [6.07, 6.45) is 0. The topological polar surface area (TPSA) is 123 Å². The van der Waals surface area contributed by atoms with Crippen LogP contribution in [0.4, 0.5) is 0 Å². The average Bonchev–Trinajstić information content (AvgIpc) is 2.72. The lowest BCUT2D eigenvalue weighted by Gasteiger charge is -2.16. The van der Waals surface area contributed by atoms with E-state index in [2.05, 4.69) is 10.3 Å². The van der Waals surface area contributed by atoms with Crippen LogP contribution < -0.4 is 25.7 Å². The minimum atomic E-state index is 0. The van der Waals surface area contributed by atoms with E-state index in [1.807, 2.05) is 24.3 Å². The number of oxime groups is 2. The number of nitrogens with zero attached hydrogens (tertiary/aromatic N) is 2. The van der Waals surface area contributed by atoms with Crippen molar-refractivity contribution in [2.75, 3.05) is 28.4 Å². The SMILES string of the molecule is CO/N=C(\N)c1cccc(COc2c(OC)cc(/C(N)=N/OC)cc2OC)c1.Cl.Cl. The van der Waals surface area contributed by atoms with E-state index in [9.17, 15) is 0 Å². The first-order valence-electron chi connectivity index (χ1n) is 8.25. The van der Waals surface area contributed by atoms with E-state index < -0.39 is 0 Å². The van der Waals surface area contributed by atoms with Crippen LogP contribution in [0.25, 0.3) is 0 Å². The second-order valence-corrected chi connectivity index (χ2v) is 5.52. The van der Waals surface area contributed by atoms with Crippen LogP contribution in [0.1, 0.15) is 16.7 Å². The molecule has 0 spiro atoms. The van der Waals surface area contributed by atoms with Gasteiger partial charge in [-0.05, 0) is 23.8 Å². The van der Waals surface area contributed by atoms with Crippen LogP contribution in [0.2, 0.25) is 0 Å². The van der Waals surface area contributed by atoms with Crippen molar-refractivity contribution >= 4 is 36.5 Å². The third-order valence-corrected chi connectivity index (χ3v) is 3.74. The van der Waals surface area contributed by atoms with Gasteiger partial charge in [-0.25, -0.2) is 0 Å². The maximum atomic E-state index is 5.95. The first-order chi connectivity index (χ1) is 13.5. The average molecular weight is 461 g/mol. The maximum Gasteiger partial charge on any atom is 0.203 e. The van der Waals surface area contributed by atoms with Crippen molar-refractivity contribution in [3.8, 4) is 17.2 Å². The molecule has 2 aromatic rings. The smallest absolute Gasteiger partial charge is 0.203 e. The van der Waals surface area contributed by atoms with Gasteiger partial charge in [-0.3, -0.25) is 0 Å². The molecule has 166 valence electrons. The van der Waals surface area contributed by atoms with Gasteiger partial charge in [0.2, 0.25) is 5.75 Å². The van der Waals surface area contributed by atoms with Crippen molar-refractivity contribution in [2.24, 2.45) is 21.8 Å². The number of rotatable bonds is 9. The number of methoxy groups -OCH3 is 2. The zero-order valence-electron chi connectivity index (χ0n) is 17.1. The molecular formula is C19H26Cl2N4O5. The van der Waals surface area contributed by atoms with Crippen LogP contribution in [0.5, 0.6) is 17.2 Å². The molecule has 9 nitrogen and oxygen atoms in total. The number of ether oxygens (including phenoxy) is 3. The zero-order chi connectivity index (χ0) is 20.5. The number of hydrogen-bond donors (Lipinski definition) is 2. The van der Waals surface area contributed by atoms with Crippen LogP contribution >= 0.6 is 24.8 Å². The summed E-state index contributed by atoms with van der Waals surface area (Å²) in [6, 6.07) is 10.8. The third-order valence-electron chi connectivity index (χ3n) is 3.74. The molecule has 0 aliphatic carbocycles. The summed E-state index contributed by atoms with van der Waals surface area (Å²) in [5, 5.41) is 7.45. The number of nitrogens with two attached hydrogens (primary N) is 2. The number of amidine groups is 2. The molecular weight excluding hydrogens is 435 g/mol. The molecule has 2 rings (SSSR count). The summed E-state index contributed by atoms with van der Waals surface area (Å²) in [4.78, 5) is 9.42. The first kappa shape index (κ1) is 27.0. The highest BCUT2D eigenvalue weighted by Gasteiger charge is 2.16. The highest BCUT2D eigenvalue weighted by Crippen LogP contribution is 2.39. The fraction of sp³-hybridized carbons (Fsp3) is 0.263. The van der Waals surface area contributed by atoms with Gasteiger partial charge in [0.1, 0.15) is 20.8 Å². The van der Waals surface area contributed by atoms with Crippen LogP contribution in [0.3, 0.4) is 0 Å². The number of halogens is 2. The Morgan fingerprint density at radius 2 is 1.33 bits per heavy atom. The standard InChI is InChI=1S/C19H24N4O5.2ClH/c1-24-15-9-14(19(21)23-27-4)10-16(25-2)17(15)28-11-12-6-5-7-13(8-12)18(20)22-26-3;;/h5-10H,11H2,1-4H3,(H2,20,22)(H2,21,23);2*1H. The summed E-state index contributed by atoms with van der Waals surface area (Å²) in [6.45, 7) is 0.252. The Balaban J connectivity index is 0.00000420. The lowest BCUT2D eigenvalue weighted by atomic mass is 10.1. The van der Waals surface area contributed by atoms with Gasteiger partial charge in [-0.2, -0.15) is 0 Å². The highest BCUT2D eigenvalue weighted by atomic mass is 35.5. The predicted molar refractivity (Wildman–Crippen MR) is 120 cm³/mol. The fourth-order valence-corrected chi connectivity index (χ4v) is 2.45. The molecule has 0 aromatic heterocycles. The maximum absolute atomic E-state index is 5.95. The summed E-state index contributed by atoms with van der Waals surface area (Å²) in [5.41, 5.74) is 13.9. The fourth-order valence-electron chi connectivity index (χ4n) is 2.45. The molecule has 0 aliphatic heterocycles. The van der Waals surface area contributed by atoms with Crippen molar-refractivity contribution < 1.29 is 23.9 Å². The Hall–Kier alpha value is -3.04. The Kier molecular flexibility index (Phi) is 11.9. The summed E-state index contributed by atoms with van der Waals surface area (Å²) < 4.78 is 16.8. The van der Waals surface area contributed by atoms with Gasteiger partial charge >= 0.3 is 0 Å². The van der Waals surface area contributed by atoms with Crippen molar-refractivity contribution in [2.45, 2.75) is 6.61 Å². The third kappa shape index (κ3) is 6.78. The van der Waals surface area contributed by atoms with Crippen LogP contribution in [0.15, 0.2) is 46.7 Å². The highest BCUT2D eigenvalue weighted by molar-refractivity contribution is 5.98. The van der Waals surface area contributed by atoms with E-state index in [1.54, 1.807) is 12.1 Å². The molecule has 0 atom stereocenters. The normalized spacial score (nSPS) is 10.9. The lowest BCUT2D eigenvalue weighted by molar-refractivity contribution is 0.213. The quantitative estimate of drug-likeness (QED) is 0.334. The van der Waals surface area contributed by atoms with E-state index in [4.69, 9.17) is 35.4 Å². The minimum absolute atomic E-state index is 0. The van der Waals surface area contributed by atoms with Gasteiger partial charge < -0.3 is 35.4 Å². The van der Waals surface area contributed by atoms with Crippen LogP contribution in [0, 0.1) is 0 Å². The van der Waals surface area contributed by atoms with Crippen molar-refractivity contribution in [1.82, 2.24) is 0 Å². The van der Waals surface area contributed by atoms with Gasteiger partial charge in [0, 0.05) is 11.1 Å². The van der Waals surface area contributed by atoms with E-state index in [-0.39, 0.29) is 43.1 Å². The summed E-state index contributed by atoms with van der Waals surface area (Å²) in [7, 11) is 5.90. The Bertz CT molecular complexity index is 853. The molecule has 0 fully saturated rings. The van der Waals surface area contributed by atoms with Crippen LogP contribution in [-0.2, 0) is 16.3 Å². The summed E-state index contributed by atoms with van der Waals surface area (Å²) in [5.74, 6) is 1.78. The van der Waals surface area contributed by atoms with E-state index >= 15 is 0 Å². The molecule has 4 N–H and O–H groups in total. The monoisotopic (exact) mass is 460 g/mol. The van der Waals surface area contributed by atoms with Gasteiger partial charge in [0.25, 0.3) is 0 Å². The second-order valence-electron chi connectivity index (χ2n) is 5.52. The van der Waals surface area contributed by atoms with E-state index in [0.717, 1.165) is 11.1 Å². The molecule has 0 saturated carbocycles. The molecule has 2 aromatic carbocycles. The molecule has 0 unspecified atom stereocenters. The van der Waals surface area contributed by atoms with Crippen molar-refractivity contribution in [3.63, 3.8) is 0 Å². The molecule has 0 heterocycles. The van der Waals surface area contributed by atoms with E-state index in [1.165, 1.54) is 28.4 Å². The zero-order valence-corrected chi connectivity index (χ0v) is 18.7. The first-order valence-corrected chi connectivity index (χ1v) is 8.25. The minimum Gasteiger partial charge on any atom is -0.493 e. The molecule has 0 amide bonds. The largest absolute Gasteiger partial charge is 0.493 e. The molecule has 11 heteroatoms. The Labute approximate surface area is 187 Å². The summed E-state index contributed by atoms with van der Waals surface area (Å²) >= 11 is 0. The van der Waals surface area contributed by atoms with Crippen molar-refractivity contribution in [3.05, 3.63) is 53.1 Å². The van der Waals surface area contributed by atoms with Crippen molar-refractivity contribution in [1.29, 1.82) is 0 Å². The van der Waals surface area contributed by atoms with Gasteiger partial charge in [0.15, 0.2) is 23.2 Å². The number of benzene rings is 2. The van der Waals surface area contributed by atoms with E-state index in [0.29, 0.717) is 22.8 Å². The van der Waals surface area contributed by atoms with Crippen LogP contribution in [-0.4, -0.2) is 40.1 Å². The molecule has 0 radical (unpaired) electrons. The molecule has 0 bridgehead atoms. The molecule has 0 saturated heterocycles. The molecule has 0 aliphatic rings. The second kappa shape index (κ2) is 13.2. The number of hydrogen-bond acceptors (Lipinski definition) is 7. The Morgan fingerprint density at radius 3 is 1.83 bits per heavy atom. The Morgan fingerprint density at radius 1 is 0.800 bits per heavy atom. The lowest BCUT2D eigenvalue weighted by Crippen LogP contribution is -2.14. The molecule has 30 heavy (non-hydrogen) atoms. The van der Waals surface area contributed by atoms with Gasteiger partial charge in [-0.1, -0.05) is 28.5 Å². The van der Waals surface area contributed by atoms with Gasteiger partial charge in [-0.15, -0.1) is 24.8 Å². The predicted octanol–water partition coefficient (Wildman–Crippen LogP) is 2.66.